The van der Waals surface area contributed by atoms with Crippen LogP contribution in [0.15, 0.2) is 48.5 Å². The van der Waals surface area contributed by atoms with Crippen LogP contribution in [-0.2, 0) is 0 Å². The molecule has 7 heteroatoms. The van der Waals surface area contributed by atoms with Crippen molar-refractivity contribution in [2.75, 3.05) is 12.4 Å². The number of benzene rings is 2. The molecule has 0 saturated carbocycles. The fraction of sp³-hybridized carbons (Fsp3) is 0.182. The maximum absolute atomic E-state index is 12.6. The second-order valence-electron chi connectivity index (χ2n) is 6.70. The topological polar surface area (TPSA) is 76.7 Å². The van der Waals surface area contributed by atoms with Crippen LogP contribution in [0.5, 0.6) is 11.5 Å². The zero-order valence-corrected chi connectivity index (χ0v) is 17.1. The van der Waals surface area contributed by atoms with Crippen molar-refractivity contribution in [1.29, 1.82) is 0 Å². The Hall–Kier alpha value is -3.32. The monoisotopic (exact) mass is 408 g/mol. The number of fused-ring (bicyclic) bond motifs is 1. The molecule has 0 fully saturated rings. The normalized spacial score (nSPS) is 15.1. The molecule has 1 amide bonds. The first-order valence-corrected chi connectivity index (χ1v) is 9.92. The summed E-state index contributed by atoms with van der Waals surface area (Å²) in [6, 6.07) is 14.0. The van der Waals surface area contributed by atoms with Gasteiger partial charge in [0.1, 0.15) is 11.2 Å². The third-order valence-electron chi connectivity index (χ3n) is 4.90. The minimum atomic E-state index is -0.463. The van der Waals surface area contributed by atoms with Gasteiger partial charge in [0.2, 0.25) is 0 Å². The number of nitrogens with one attached hydrogen (secondary N) is 2. The van der Waals surface area contributed by atoms with Crippen LogP contribution < -0.4 is 20.1 Å². The molecule has 29 heavy (non-hydrogen) atoms. The molecule has 0 radical (unpaired) electrons. The average Bonchev–Trinajstić information content (AvgIpc) is 3.02. The van der Waals surface area contributed by atoms with Crippen molar-refractivity contribution in [2.45, 2.75) is 20.0 Å². The van der Waals surface area contributed by atoms with Gasteiger partial charge >= 0.3 is 5.97 Å². The highest BCUT2D eigenvalue weighted by Crippen LogP contribution is 2.38. The highest BCUT2D eigenvalue weighted by molar-refractivity contribution is 7.16. The number of rotatable bonds is 4. The Morgan fingerprint density at radius 3 is 2.52 bits per heavy atom. The Labute approximate surface area is 172 Å². The SMILES string of the molecule is COc1cc([C@@H]2NC(=O)c3c(sc(C)c3C)N2)ccc1OC(=O)c1ccccc1. The Balaban J connectivity index is 1.58. The van der Waals surface area contributed by atoms with Crippen LogP contribution in [0.2, 0.25) is 0 Å². The molecule has 148 valence electrons. The van der Waals surface area contributed by atoms with Gasteiger partial charge in [0, 0.05) is 4.88 Å². The average molecular weight is 408 g/mol. The highest BCUT2D eigenvalue weighted by Gasteiger charge is 2.29. The molecular weight excluding hydrogens is 388 g/mol. The third-order valence-corrected chi connectivity index (χ3v) is 6.03. The summed E-state index contributed by atoms with van der Waals surface area (Å²) in [6.07, 6.45) is -0.403. The zero-order chi connectivity index (χ0) is 20.5. The van der Waals surface area contributed by atoms with E-state index in [9.17, 15) is 9.59 Å². The molecule has 1 atom stereocenters. The molecule has 4 rings (SSSR count). The summed E-state index contributed by atoms with van der Waals surface area (Å²) >= 11 is 1.57. The molecule has 2 aromatic carbocycles. The van der Waals surface area contributed by atoms with Crippen LogP contribution in [0.4, 0.5) is 5.00 Å². The van der Waals surface area contributed by atoms with Gasteiger partial charge in [-0.3, -0.25) is 4.79 Å². The summed E-state index contributed by atoms with van der Waals surface area (Å²) in [5.74, 6) is 0.155. The van der Waals surface area contributed by atoms with E-state index in [0.717, 1.165) is 21.0 Å². The van der Waals surface area contributed by atoms with Crippen molar-refractivity contribution in [3.05, 3.63) is 75.7 Å². The van der Waals surface area contributed by atoms with E-state index in [1.807, 2.05) is 19.9 Å². The van der Waals surface area contributed by atoms with Crippen LogP contribution in [0.1, 0.15) is 42.9 Å². The molecule has 0 unspecified atom stereocenters. The van der Waals surface area contributed by atoms with Crippen molar-refractivity contribution in [1.82, 2.24) is 5.32 Å². The van der Waals surface area contributed by atoms with E-state index < -0.39 is 12.1 Å². The van der Waals surface area contributed by atoms with Crippen molar-refractivity contribution in [2.24, 2.45) is 0 Å². The van der Waals surface area contributed by atoms with Gasteiger partial charge in [-0.25, -0.2) is 4.79 Å². The molecule has 6 nitrogen and oxygen atoms in total. The largest absolute Gasteiger partial charge is 0.493 e. The second-order valence-corrected chi connectivity index (χ2v) is 7.93. The van der Waals surface area contributed by atoms with E-state index >= 15 is 0 Å². The van der Waals surface area contributed by atoms with E-state index in [2.05, 4.69) is 10.6 Å². The van der Waals surface area contributed by atoms with Crippen molar-refractivity contribution < 1.29 is 19.1 Å². The lowest BCUT2D eigenvalue weighted by Gasteiger charge is -2.27. The Kier molecular flexibility index (Phi) is 4.98. The van der Waals surface area contributed by atoms with E-state index in [1.165, 1.54) is 7.11 Å². The van der Waals surface area contributed by atoms with Crippen molar-refractivity contribution in [3.63, 3.8) is 0 Å². The summed E-state index contributed by atoms with van der Waals surface area (Å²) < 4.78 is 10.9. The van der Waals surface area contributed by atoms with Crippen LogP contribution >= 0.6 is 11.3 Å². The first kappa shape index (κ1) is 19.0. The number of methoxy groups -OCH3 is 1. The first-order chi connectivity index (χ1) is 14.0. The van der Waals surface area contributed by atoms with Gasteiger partial charge < -0.3 is 20.1 Å². The number of hydrogen-bond donors (Lipinski definition) is 2. The number of ether oxygens (including phenoxy) is 2. The number of esters is 1. The Morgan fingerprint density at radius 1 is 1.03 bits per heavy atom. The standard InChI is InChI=1S/C22H20N2O4S/c1-12-13(2)29-21-18(12)20(25)23-19(24-21)15-9-10-16(17(11-15)27-3)28-22(26)14-7-5-4-6-8-14/h4-11,19,24H,1-3H3,(H,23,25)/t19-/m1/s1. The summed E-state index contributed by atoms with van der Waals surface area (Å²) in [5, 5.41) is 7.19. The molecule has 1 aliphatic heterocycles. The maximum atomic E-state index is 12.6. The number of amides is 1. The number of carbonyl (C=O) groups excluding carboxylic acids is 2. The zero-order valence-electron chi connectivity index (χ0n) is 16.2. The minimum absolute atomic E-state index is 0.107. The first-order valence-electron chi connectivity index (χ1n) is 9.10. The van der Waals surface area contributed by atoms with Crippen LogP contribution in [0.25, 0.3) is 0 Å². The lowest BCUT2D eigenvalue weighted by atomic mass is 10.1. The van der Waals surface area contributed by atoms with E-state index in [-0.39, 0.29) is 5.91 Å². The molecule has 2 heterocycles. The minimum Gasteiger partial charge on any atom is -0.493 e. The molecular formula is C22H20N2O4S. The van der Waals surface area contributed by atoms with Crippen LogP contribution in [-0.4, -0.2) is 19.0 Å². The number of carbonyl (C=O) groups is 2. The fourth-order valence-electron chi connectivity index (χ4n) is 3.22. The fourth-order valence-corrected chi connectivity index (χ4v) is 4.31. The highest BCUT2D eigenvalue weighted by atomic mass is 32.1. The van der Waals surface area contributed by atoms with Crippen molar-refractivity contribution in [3.8, 4) is 11.5 Å². The number of anilines is 1. The summed E-state index contributed by atoms with van der Waals surface area (Å²) in [5.41, 5.74) is 2.94. The lowest BCUT2D eigenvalue weighted by molar-refractivity contribution is 0.0729. The number of thiophene rings is 1. The molecule has 0 aliphatic carbocycles. The maximum Gasteiger partial charge on any atom is 0.343 e. The molecule has 0 bridgehead atoms. The van der Waals surface area contributed by atoms with Gasteiger partial charge in [-0.15, -0.1) is 11.3 Å². The summed E-state index contributed by atoms with van der Waals surface area (Å²) in [6.45, 7) is 3.95. The van der Waals surface area contributed by atoms with Gasteiger partial charge in [0.05, 0.1) is 18.2 Å². The molecule has 1 aromatic heterocycles. The molecule has 1 aliphatic rings. The van der Waals surface area contributed by atoms with Gasteiger partial charge in [-0.1, -0.05) is 24.3 Å². The van der Waals surface area contributed by atoms with Gasteiger partial charge in [-0.05, 0) is 49.2 Å². The molecule has 0 saturated heterocycles. The number of hydrogen-bond acceptors (Lipinski definition) is 6. The summed E-state index contributed by atoms with van der Waals surface area (Å²) in [4.78, 5) is 26.0. The van der Waals surface area contributed by atoms with E-state index in [1.54, 1.807) is 53.8 Å². The summed E-state index contributed by atoms with van der Waals surface area (Å²) in [7, 11) is 1.51. The lowest BCUT2D eigenvalue weighted by Crippen LogP contribution is -2.38. The Bertz CT molecular complexity index is 1090. The van der Waals surface area contributed by atoms with E-state index in [4.69, 9.17) is 9.47 Å². The molecule has 0 spiro atoms. The van der Waals surface area contributed by atoms with Gasteiger partial charge in [-0.2, -0.15) is 0 Å². The van der Waals surface area contributed by atoms with Crippen LogP contribution in [0.3, 0.4) is 0 Å². The second kappa shape index (κ2) is 7.60. The van der Waals surface area contributed by atoms with E-state index in [0.29, 0.717) is 22.6 Å². The predicted octanol–water partition coefficient (Wildman–Crippen LogP) is 4.45. The predicted molar refractivity (Wildman–Crippen MR) is 112 cm³/mol. The third kappa shape index (κ3) is 3.56. The number of aryl methyl sites for hydroxylation is 1. The van der Waals surface area contributed by atoms with Gasteiger partial charge in [0.25, 0.3) is 5.91 Å². The van der Waals surface area contributed by atoms with Crippen LogP contribution in [0, 0.1) is 13.8 Å². The smallest absolute Gasteiger partial charge is 0.343 e. The quantitative estimate of drug-likeness (QED) is 0.493. The Morgan fingerprint density at radius 2 is 1.79 bits per heavy atom. The van der Waals surface area contributed by atoms with Gasteiger partial charge in [0.15, 0.2) is 11.5 Å². The molecule has 3 aromatic rings. The molecule has 2 N–H and O–H groups in total. The van der Waals surface area contributed by atoms with Crippen molar-refractivity contribution >= 4 is 28.2 Å².